The molecule has 1 saturated heterocycles. The van der Waals surface area contributed by atoms with Crippen molar-refractivity contribution in [2.45, 2.75) is 6.92 Å². The van der Waals surface area contributed by atoms with Crippen molar-refractivity contribution in [1.29, 1.82) is 0 Å². The van der Waals surface area contributed by atoms with Gasteiger partial charge in [-0.1, -0.05) is 18.2 Å². The highest BCUT2D eigenvalue weighted by Crippen LogP contribution is 2.36. The molecule has 0 aliphatic carbocycles. The molecule has 0 atom stereocenters. The number of nitrogens with zero attached hydrogens (tertiary/aromatic N) is 2. The zero-order valence-corrected chi connectivity index (χ0v) is 17.2. The number of hydrogen-bond donors (Lipinski definition) is 2. The normalized spacial score (nSPS) is 14.8. The Morgan fingerprint density at radius 3 is 2.57 bits per heavy atom. The van der Waals surface area contributed by atoms with Gasteiger partial charge in [0, 0.05) is 49.6 Å². The van der Waals surface area contributed by atoms with Gasteiger partial charge in [0.1, 0.15) is 16.9 Å². The lowest BCUT2D eigenvalue weighted by Gasteiger charge is -2.34. The van der Waals surface area contributed by atoms with Crippen LogP contribution in [0.5, 0.6) is 5.75 Å². The molecule has 8 nitrogen and oxygen atoms in total. The average molecular weight is 410 g/mol. The summed E-state index contributed by atoms with van der Waals surface area (Å²) in [7, 11) is 1.58. The van der Waals surface area contributed by atoms with E-state index in [1.165, 1.54) is 0 Å². The Morgan fingerprint density at radius 2 is 1.83 bits per heavy atom. The molecule has 4 rings (SSSR count). The predicted octanol–water partition coefficient (Wildman–Crippen LogP) is 2.88. The summed E-state index contributed by atoms with van der Waals surface area (Å²) < 4.78 is 11.4. The van der Waals surface area contributed by atoms with Crippen LogP contribution in [0.2, 0.25) is 0 Å². The second kappa shape index (κ2) is 8.62. The van der Waals surface area contributed by atoms with E-state index >= 15 is 0 Å². The third-order valence-electron chi connectivity index (χ3n) is 5.33. The SMILES string of the molecule is CCNC(=O)N1CCN(CC(=O)Nc2cc3oc4ccccc4c3cc2OC)CC1. The van der Waals surface area contributed by atoms with E-state index < -0.39 is 0 Å². The zero-order chi connectivity index (χ0) is 21.1. The van der Waals surface area contributed by atoms with Crippen molar-refractivity contribution < 1.29 is 18.7 Å². The van der Waals surface area contributed by atoms with E-state index in [2.05, 4.69) is 10.6 Å². The number of rotatable bonds is 5. The molecule has 8 heteroatoms. The zero-order valence-electron chi connectivity index (χ0n) is 17.2. The second-order valence-electron chi connectivity index (χ2n) is 7.29. The first kappa shape index (κ1) is 20.0. The quantitative estimate of drug-likeness (QED) is 0.675. The Labute approximate surface area is 174 Å². The number of methoxy groups -OCH3 is 1. The number of para-hydroxylation sites is 1. The fraction of sp³-hybridized carbons (Fsp3) is 0.364. The number of anilines is 1. The first-order chi connectivity index (χ1) is 14.6. The number of ether oxygens (including phenoxy) is 1. The van der Waals surface area contributed by atoms with Crippen LogP contribution in [0.25, 0.3) is 21.9 Å². The minimum Gasteiger partial charge on any atom is -0.495 e. The molecule has 0 unspecified atom stereocenters. The van der Waals surface area contributed by atoms with E-state index in [-0.39, 0.29) is 18.5 Å². The van der Waals surface area contributed by atoms with Crippen molar-refractivity contribution in [3.63, 3.8) is 0 Å². The summed E-state index contributed by atoms with van der Waals surface area (Å²) in [6.45, 7) is 5.29. The molecule has 1 fully saturated rings. The Kier molecular flexibility index (Phi) is 5.76. The van der Waals surface area contributed by atoms with Gasteiger partial charge in [-0.25, -0.2) is 4.79 Å². The van der Waals surface area contributed by atoms with E-state index in [1.54, 1.807) is 18.1 Å². The molecule has 1 aliphatic heterocycles. The van der Waals surface area contributed by atoms with E-state index in [9.17, 15) is 9.59 Å². The number of hydrogen-bond acceptors (Lipinski definition) is 5. The number of carbonyl (C=O) groups excluding carboxylic acids is 2. The summed E-state index contributed by atoms with van der Waals surface area (Å²) in [5, 5.41) is 7.70. The number of furan rings is 1. The van der Waals surface area contributed by atoms with Gasteiger partial charge in [-0.15, -0.1) is 0 Å². The molecule has 0 radical (unpaired) electrons. The van der Waals surface area contributed by atoms with Gasteiger partial charge in [0.05, 0.1) is 19.3 Å². The topological polar surface area (TPSA) is 87.1 Å². The van der Waals surface area contributed by atoms with Crippen LogP contribution >= 0.6 is 0 Å². The highest BCUT2D eigenvalue weighted by atomic mass is 16.5. The van der Waals surface area contributed by atoms with Crippen LogP contribution in [-0.4, -0.2) is 68.1 Å². The highest BCUT2D eigenvalue weighted by Gasteiger charge is 2.22. The van der Waals surface area contributed by atoms with Crippen LogP contribution in [-0.2, 0) is 4.79 Å². The first-order valence-corrected chi connectivity index (χ1v) is 10.1. The molecular formula is C22H26N4O4. The number of amides is 3. The molecule has 0 bridgehead atoms. The number of urea groups is 1. The van der Waals surface area contributed by atoms with Crippen molar-refractivity contribution in [3.05, 3.63) is 36.4 Å². The highest BCUT2D eigenvalue weighted by molar-refractivity contribution is 6.07. The van der Waals surface area contributed by atoms with Gasteiger partial charge in [0.25, 0.3) is 0 Å². The summed E-state index contributed by atoms with van der Waals surface area (Å²) >= 11 is 0. The lowest BCUT2D eigenvalue weighted by molar-refractivity contribution is -0.117. The molecule has 2 heterocycles. The van der Waals surface area contributed by atoms with E-state index in [4.69, 9.17) is 9.15 Å². The molecule has 30 heavy (non-hydrogen) atoms. The van der Waals surface area contributed by atoms with Gasteiger partial charge in [-0.3, -0.25) is 9.69 Å². The lowest BCUT2D eigenvalue weighted by Crippen LogP contribution is -2.53. The monoisotopic (exact) mass is 410 g/mol. The molecule has 1 aromatic heterocycles. The van der Waals surface area contributed by atoms with Crippen LogP contribution < -0.4 is 15.4 Å². The Balaban J connectivity index is 1.43. The smallest absolute Gasteiger partial charge is 0.317 e. The maximum atomic E-state index is 12.6. The summed E-state index contributed by atoms with van der Waals surface area (Å²) in [4.78, 5) is 28.4. The van der Waals surface area contributed by atoms with Crippen molar-refractivity contribution >= 4 is 39.6 Å². The van der Waals surface area contributed by atoms with Gasteiger partial charge < -0.3 is 24.7 Å². The standard InChI is InChI=1S/C22H26N4O4/c1-3-23-22(28)26-10-8-25(9-11-26)14-21(27)24-17-13-19-16(12-20(17)29-2)15-6-4-5-7-18(15)30-19/h4-7,12-13H,3,8-11,14H2,1-2H3,(H,23,28)(H,24,27). The van der Waals surface area contributed by atoms with Gasteiger partial charge in [0.2, 0.25) is 5.91 Å². The first-order valence-electron chi connectivity index (χ1n) is 10.1. The fourth-order valence-corrected chi connectivity index (χ4v) is 3.78. The maximum absolute atomic E-state index is 12.6. The predicted molar refractivity (Wildman–Crippen MR) is 116 cm³/mol. The van der Waals surface area contributed by atoms with Crippen molar-refractivity contribution in [1.82, 2.24) is 15.1 Å². The Hall–Kier alpha value is -3.26. The maximum Gasteiger partial charge on any atom is 0.317 e. The molecule has 1 aliphatic rings. The molecule has 0 spiro atoms. The number of nitrogens with one attached hydrogen (secondary N) is 2. The van der Waals surface area contributed by atoms with Crippen LogP contribution in [0.1, 0.15) is 6.92 Å². The van der Waals surface area contributed by atoms with Gasteiger partial charge in [-0.05, 0) is 19.1 Å². The number of benzene rings is 2. The van der Waals surface area contributed by atoms with Gasteiger partial charge >= 0.3 is 6.03 Å². The molecule has 2 N–H and O–H groups in total. The second-order valence-corrected chi connectivity index (χ2v) is 7.29. The molecule has 3 amide bonds. The van der Waals surface area contributed by atoms with Gasteiger partial charge in [-0.2, -0.15) is 0 Å². The van der Waals surface area contributed by atoms with Crippen LogP contribution in [0, 0.1) is 0 Å². The van der Waals surface area contributed by atoms with Gasteiger partial charge in [0.15, 0.2) is 0 Å². The molecule has 158 valence electrons. The van der Waals surface area contributed by atoms with E-state index in [0.717, 1.165) is 16.4 Å². The molecule has 0 saturated carbocycles. The van der Waals surface area contributed by atoms with Crippen LogP contribution in [0.15, 0.2) is 40.8 Å². The Bertz CT molecular complexity index is 1070. The summed E-state index contributed by atoms with van der Waals surface area (Å²) in [5.41, 5.74) is 2.07. The van der Waals surface area contributed by atoms with Crippen LogP contribution in [0.3, 0.4) is 0 Å². The number of piperazine rings is 1. The van der Waals surface area contributed by atoms with E-state index in [0.29, 0.717) is 49.7 Å². The average Bonchev–Trinajstić information content (AvgIpc) is 3.11. The minimum absolute atomic E-state index is 0.0505. The largest absolute Gasteiger partial charge is 0.495 e. The minimum atomic E-state index is -0.129. The van der Waals surface area contributed by atoms with Crippen molar-refractivity contribution in [2.24, 2.45) is 0 Å². The number of fused-ring (bicyclic) bond motifs is 3. The number of carbonyl (C=O) groups is 2. The Morgan fingerprint density at radius 1 is 1.07 bits per heavy atom. The van der Waals surface area contributed by atoms with Crippen molar-refractivity contribution in [2.75, 3.05) is 51.7 Å². The lowest BCUT2D eigenvalue weighted by atomic mass is 10.1. The van der Waals surface area contributed by atoms with Crippen molar-refractivity contribution in [3.8, 4) is 5.75 Å². The third-order valence-corrected chi connectivity index (χ3v) is 5.33. The fourth-order valence-electron chi connectivity index (χ4n) is 3.78. The van der Waals surface area contributed by atoms with E-state index in [1.807, 2.05) is 42.2 Å². The summed E-state index contributed by atoms with van der Waals surface area (Å²) in [5.74, 6) is 0.457. The molecule has 3 aromatic rings. The molecule has 2 aromatic carbocycles. The molecular weight excluding hydrogens is 384 g/mol. The third kappa shape index (κ3) is 4.04. The summed E-state index contributed by atoms with van der Waals surface area (Å²) in [6, 6.07) is 11.5. The van der Waals surface area contributed by atoms with Crippen LogP contribution in [0.4, 0.5) is 10.5 Å². The summed E-state index contributed by atoms with van der Waals surface area (Å²) in [6.07, 6.45) is 0.